The molecule has 0 aromatic carbocycles. The summed E-state index contributed by atoms with van der Waals surface area (Å²) in [6.45, 7) is 2.37. The lowest BCUT2D eigenvalue weighted by Gasteiger charge is -2.15. The Morgan fingerprint density at radius 2 is 2.50 bits per heavy atom. The number of esters is 1. The fourth-order valence-electron chi connectivity index (χ4n) is 0.917. The van der Waals surface area contributed by atoms with Gasteiger partial charge < -0.3 is 10.1 Å². The van der Waals surface area contributed by atoms with Crippen molar-refractivity contribution >= 4 is 34.5 Å². The maximum Gasteiger partial charge on any atom is 0.338 e. The van der Waals surface area contributed by atoms with Crippen LogP contribution < -0.4 is 5.32 Å². The molecule has 6 heteroatoms. The van der Waals surface area contributed by atoms with Crippen molar-refractivity contribution in [1.29, 1.82) is 0 Å². The smallest absolute Gasteiger partial charge is 0.338 e. The zero-order chi connectivity index (χ0) is 10.6. The van der Waals surface area contributed by atoms with Crippen molar-refractivity contribution < 1.29 is 9.53 Å². The van der Waals surface area contributed by atoms with E-state index < -0.39 is 5.97 Å². The highest BCUT2D eigenvalue weighted by atomic mass is 35.5. The molecular formula is C8H11ClN2O2S. The lowest BCUT2D eigenvalue weighted by molar-refractivity contribution is -0.138. The van der Waals surface area contributed by atoms with Gasteiger partial charge in [0.1, 0.15) is 5.16 Å². The van der Waals surface area contributed by atoms with E-state index in [0.29, 0.717) is 22.5 Å². The molecule has 0 saturated heterocycles. The average molecular weight is 235 g/mol. The molecule has 0 spiro atoms. The second-order valence-electron chi connectivity index (χ2n) is 2.46. The van der Waals surface area contributed by atoms with Gasteiger partial charge in [-0.2, -0.15) is 0 Å². The monoisotopic (exact) mass is 234 g/mol. The zero-order valence-corrected chi connectivity index (χ0v) is 9.54. The number of hydrogen-bond acceptors (Lipinski definition) is 5. The van der Waals surface area contributed by atoms with Gasteiger partial charge in [-0.05, 0) is 13.2 Å². The number of aliphatic imine (C=N–C) groups is 1. The first-order valence-corrected chi connectivity index (χ1v) is 5.70. The van der Waals surface area contributed by atoms with E-state index >= 15 is 0 Å². The van der Waals surface area contributed by atoms with Gasteiger partial charge in [0.2, 0.25) is 0 Å². The van der Waals surface area contributed by atoms with Crippen molar-refractivity contribution in [2.24, 2.45) is 4.99 Å². The Morgan fingerprint density at radius 1 is 1.79 bits per heavy atom. The van der Waals surface area contributed by atoms with Gasteiger partial charge in [0, 0.05) is 0 Å². The highest BCUT2D eigenvalue weighted by Crippen LogP contribution is 2.15. The summed E-state index contributed by atoms with van der Waals surface area (Å²) in [4.78, 5) is 15.4. The molecule has 0 amide bonds. The molecular weight excluding hydrogens is 224 g/mol. The molecule has 0 aromatic rings. The number of nitrogens with one attached hydrogen (secondary N) is 1. The molecule has 1 heterocycles. The zero-order valence-electron chi connectivity index (χ0n) is 7.96. The first kappa shape index (κ1) is 11.4. The molecule has 0 aromatic heterocycles. The van der Waals surface area contributed by atoms with Crippen LogP contribution in [-0.4, -0.2) is 30.5 Å². The molecule has 1 rings (SSSR count). The molecule has 1 aliphatic rings. The molecule has 0 radical (unpaired) electrons. The van der Waals surface area contributed by atoms with Crippen molar-refractivity contribution in [3.05, 3.63) is 10.7 Å². The summed E-state index contributed by atoms with van der Waals surface area (Å²) in [6.07, 6.45) is 1.88. The summed E-state index contributed by atoms with van der Waals surface area (Å²) in [6, 6.07) is 0. The quantitative estimate of drug-likeness (QED) is 0.579. The van der Waals surface area contributed by atoms with Gasteiger partial charge in [-0.3, -0.25) is 4.99 Å². The van der Waals surface area contributed by atoms with E-state index in [1.807, 2.05) is 6.26 Å². The Kier molecular flexibility index (Phi) is 4.28. The van der Waals surface area contributed by atoms with Crippen LogP contribution in [0.1, 0.15) is 6.92 Å². The molecule has 0 atom stereocenters. The third-order valence-corrected chi connectivity index (χ3v) is 2.52. The number of ether oxygens (including phenoxy) is 1. The molecule has 0 unspecified atom stereocenters. The minimum absolute atomic E-state index is 0.279. The number of nitrogens with zero attached hydrogens (tertiary/aromatic N) is 1. The van der Waals surface area contributed by atoms with Gasteiger partial charge in [-0.15, -0.1) is 0 Å². The second-order valence-corrected chi connectivity index (χ2v) is 3.64. The van der Waals surface area contributed by atoms with Gasteiger partial charge in [-0.25, -0.2) is 4.79 Å². The summed E-state index contributed by atoms with van der Waals surface area (Å²) in [5, 5.41) is 3.83. The maximum absolute atomic E-state index is 11.3. The molecule has 0 bridgehead atoms. The lowest BCUT2D eigenvalue weighted by Crippen LogP contribution is -2.27. The summed E-state index contributed by atoms with van der Waals surface area (Å²) < 4.78 is 4.82. The molecule has 0 aliphatic carbocycles. The Bertz CT molecular complexity index is 302. The van der Waals surface area contributed by atoms with Crippen LogP contribution in [0.15, 0.2) is 15.7 Å². The molecule has 0 fully saturated rings. The van der Waals surface area contributed by atoms with E-state index in [2.05, 4.69) is 10.3 Å². The Morgan fingerprint density at radius 3 is 3.00 bits per heavy atom. The number of halogens is 1. The topological polar surface area (TPSA) is 50.7 Å². The van der Waals surface area contributed by atoms with Gasteiger partial charge in [0.15, 0.2) is 5.17 Å². The normalized spacial score (nSPS) is 16.1. The van der Waals surface area contributed by atoms with Gasteiger partial charge in [0.25, 0.3) is 0 Å². The second kappa shape index (κ2) is 5.26. The minimum atomic E-state index is -0.408. The largest absolute Gasteiger partial charge is 0.462 e. The van der Waals surface area contributed by atoms with E-state index in [4.69, 9.17) is 16.3 Å². The predicted octanol–water partition coefficient (Wildman–Crippen LogP) is 1.32. The van der Waals surface area contributed by atoms with Gasteiger partial charge in [-0.1, -0.05) is 23.4 Å². The molecule has 0 saturated carbocycles. The average Bonchev–Trinajstić information content (AvgIpc) is 2.17. The third-order valence-electron chi connectivity index (χ3n) is 1.58. The van der Waals surface area contributed by atoms with Crippen molar-refractivity contribution in [3.63, 3.8) is 0 Å². The van der Waals surface area contributed by atoms with Gasteiger partial charge in [0.05, 0.1) is 18.7 Å². The van der Waals surface area contributed by atoms with Crippen LogP contribution in [0.25, 0.3) is 0 Å². The summed E-state index contributed by atoms with van der Waals surface area (Å²) in [5.74, 6) is -0.408. The number of carbonyl (C=O) groups excluding carboxylic acids is 1. The minimum Gasteiger partial charge on any atom is -0.462 e. The van der Waals surface area contributed by atoms with Crippen molar-refractivity contribution in [1.82, 2.24) is 5.32 Å². The summed E-state index contributed by atoms with van der Waals surface area (Å²) in [5.41, 5.74) is 0.381. The number of amidine groups is 1. The fraction of sp³-hybridized carbons (Fsp3) is 0.500. The number of hydrogen-bond donors (Lipinski definition) is 1. The molecule has 78 valence electrons. The fourth-order valence-corrected chi connectivity index (χ4v) is 1.60. The summed E-state index contributed by atoms with van der Waals surface area (Å²) >= 11 is 7.31. The van der Waals surface area contributed by atoms with E-state index in [0.717, 1.165) is 0 Å². The predicted molar refractivity (Wildman–Crippen MR) is 58.5 cm³/mol. The van der Waals surface area contributed by atoms with E-state index in [9.17, 15) is 4.79 Å². The van der Waals surface area contributed by atoms with Crippen LogP contribution in [0.4, 0.5) is 0 Å². The summed E-state index contributed by atoms with van der Waals surface area (Å²) in [7, 11) is 0. The SMILES string of the molecule is CCOC(=O)C1=C(Cl)NC(SC)=NC1. The lowest BCUT2D eigenvalue weighted by atomic mass is 10.3. The van der Waals surface area contributed by atoms with Crippen molar-refractivity contribution in [2.45, 2.75) is 6.92 Å². The van der Waals surface area contributed by atoms with Crippen LogP contribution >= 0.6 is 23.4 Å². The highest BCUT2D eigenvalue weighted by molar-refractivity contribution is 8.13. The van der Waals surface area contributed by atoms with Crippen LogP contribution in [0.3, 0.4) is 0 Å². The van der Waals surface area contributed by atoms with Crippen LogP contribution in [0, 0.1) is 0 Å². The first-order chi connectivity index (χ1) is 6.69. The first-order valence-electron chi connectivity index (χ1n) is 4.10. The van der Waals surface area contributed by atoms with E-state index in [1.54, 1.807) is 6.92 Å². The molecule has 1 aliphatic heterocycles. The van der Waals surface area contributed by atoms with Crippen molar-refractivity contribution in [2.75, 3.05) is 19.4 Å². The number of rotatable bonds is 2. The Balaban J connectivity index is 2.68. The standard InChI is InChI=1S/C8H11ClN2O2S/c1-3-13-7(12)5-4-10-8(14-2)11-6(5)9/h3-4H2,1-2H3,(H,10,11). The van der Waals surface area contributed by atoms with Gasteiger partial charge >= 0.3 is 5.97 Å². The maximum atomic E-state index is 11.3. The van der Waals surface area contributed by atoms with E-state index in [1.165, 1.54) is 11.8 Å². The molecule has 4 nitrogen and oxygen atoms in total. The number of thioether (sulfide) groups is 1. The highest BCUT2D eigenvalue weighted by Gasteiger charge is 2.19. The Hall–Kier alpha value is -0.680. The van der Waals surface area contributed by atoms with Crippen molar-refractivity contribution in [3.8, 4) is 0 Å². The number of carbonyl (C=O) groups is 1. The van der Waals surface area contributed by atoms with Crippen LogP contribution in [0.2, 0.25) is 0 Å². The third kappa shape index (κ3) is 2.65. The molecule has 1 N–H and O–H groups in total. The van der Waals surface area contributed by atoms with Crippen LogP contribution in [-0.2, 0) is 9.53 Å². The van der Waals surface area contributed by atoms with E-state index in [-0.39, 0.29) is 6.54 Å². The Labute approximate surface area is 91.7 Å². The molecule has 14 heavy (non-hydrogen) atoms. The van der Waals surface area contributed by atoms with Crippen LogP contribution in [0.5, 0.6) is 0 Å².